The highest BCUT2D eigenvalue weighted by Crippen LogP contribution is 2.21. The minimum atomic E-state index is -4.45. The van der Waals surface area contributed by atoms with Crippen LogP contribution in [0.1, 0.15) is 16.8 Å². The molecule has 0 saturated carbocycles. The third-order valence-corrected chi connectivity index (χ3v) is 3.42. The monoisotopic (exact) mass is 320 g/mol. The second-order valence-corrected chi connectivity index (χ2v) is 5.08. The summed E-state index contributed by atoms with van der Waals surface area (Å²) in [6, 6.07) is 5.29. The first kappa shape index (κ1) is 15.6. The number of benzene rings is 1. The fourth-order valence-corrected chi connectivity index (χ4v) is 2.35. The van der Waals surface area contributed by atoms with Gasteiger partial charge in [0.05, 0.1) is 10.6 Å². The lowest BCUT2D eigenvalue weighted by Gasteiger charge is -2.18. The van der Waals surface area contributed by atoms with Gasteiger partial charge in [-0.1, -0.05) is 23.7 Å². The zero-order chi connectivity index (χ0) is 15.6. The summed E-state index contributed by atoms with van der Waals surface area (Å²) in [5.41, 5.74) is 0.182. The molecule has 114 valence electrons. The number of rotatable bonds is 3. The van der Waals surface area contributed by atoms with E-state index >= 15 is 0 Å². The van der Waals surface area contributed by atoms with Crippen molar-refractivity contribution in [2.45, 2.75) is 18.6 Å². The standard InChI is InChI=1S/C13H12ClF3N2O2/c14-9-4-2-1-3-8(9)11(20)18-10-5-6-19(12(10)21)7-13(15,16)17/h1-4,10H,5-7H2,(H,18,20). The Kier molecular flexibility index (Phi) is 4.41. The van der Waals surface area contributed by atoms with Gasteiger partial charge in [0.1, 0.15) is 12.6 Å². The minimum Gasteiger partial charge on any atom is -0.340 e. The molecular weight excluding hydrogens is 309 g/mol. The van der Waals surface area contributed by atoms with Crippen LogP contribution in [-0.2, 0) is 4.79 Å². The van der Waals surface area contributed by atoms with Crippen LogP contribution in [0.4, 0.5) is 13.2 Å². The number of likely N-dealkylation sites (tertiary alicyclic amines) is 1. The van der Waals surface area contributed by atoms with Crippen molar-refractivity contribution in [3.63, 3.8) is 0 Å². The maximum Gasteiger partial charge on any atom is 0.406 e. The van der Waals surface area contributed by atoms with Crippen molar-refractivity contribution in [2.75, 3.05) is 13.1 Å². The van der Waals surface area contributed by atoms with Crippen LogP contribution in [0, 0.1) is 0 Å². The molecule has 2 rings (SSSR count). The molecule has 1 N–H and O–H groups in total. The van der Waals surface area contributed by atoms with E-state index < -0.39 is 30.6 Å². The van der Waals surface area contributed by atoms with Gasteiger partial charge >= 0.3 is 6.18 Å². The van der Waals surface area contributed by atoms with E-state index in [0.717, 1.165) is 0 Å². The number of halogens is 4. The fourth-order valence-electron chi connectivity index (χ4n) is 2.13. The first-order chi connectivity index (χ1) is 9.78. The van der Waals surface area contributed by atoms with E-state index in [1.807, 2.05) is 0 Å². The van der Waals surface area contributed by atoms with Crippen LogP contribution in [0.2, 0.25) is 5.02 Å². The summed E-state index contributed by atoms with van der Waals surface area (Å²) in [6.07, 6.45) is -4.30. The Labute approximate surface area is 123 Å². The molecule has 2 amide bonds. The molecule has 1 heterocycles. The molecule has 1 aromatic carbocycles. The van der Waals surface area contributed by atoms with Crippen LogP contribution < -0.4 is 5.32 Å². The highest BCUT2D eigenvalue weighted by molar-refractivity contribution is 6.33. The minimum absolute atomic E-state index is 0.0359. The van der Waals surface area contributed by atoms with Crippen LogP contribution in [0.3, 0.4) is 0 Å². The molecule has 1 aliphatic heterocycles. The molecule has 0 spiro atoms. The number of carbonyl (C=O) groups is 2. The van der Waals surface area contributed by atoms with Gasteiger partial charge in [0.15, 0.2) is 0 Å². The predicted molar refractivity (Wildman–Crippen MR) is 70.0 cm³/mol. The summed E-state index contributed by atoms with van der Waals surface area (Å²) in [6.45, 7) is -1.34. The highest BCUT2D eigenvalue weighted by Gasteiger charge is 2.39. The summed E-state index contributed by atoms with van der Waals surface area (Å²) >= 11 is 5.85. The molecule has 1 aromatic rings. The zero-order valence-corrected chi connectivity index (χ0v) is 11.5. The molecule has 1 atom stereocenters. The number of hydrogen-bond donors (Lipinski definition) is 1. The molecular formula is C13H12ClF3N2O2. The summed E-state index contributed by atoms with van der Waals surface area (Å²) < 4.78 is 36.9. The molecule has 8 heteroatoms. The van der Waals surface area contributed by atoms with Gasteiger partial charge in [0, 0.05) is 6.54 Å². The molecule has 0 aromatic heterocycles. The van der Waals surface area contributed by atoms with Crippen molar-refractivity contribution in [2.24, 2.45) is 0 Å². The van der Waals surface area contributed by atoms with Crippen molar-refractivity contribution in [1.82, 2.24) is 10.2 Å². The van der Waals surface area contributed by atoms with Crippen LogP contribution in [-0.4, -0.2) is 42.0 Å². The average molecular weight is 321 g/mol. The average Bonchev–Trinajstić information content (AvgIpc) is 2.70. The molecule has 0 aliphatic carbocycles. The molecule has 4 nitrogen and oxygen atoms in total. The second kappa shape index (κ2) is 5.93. The number of carbonyl (C=O) groups excluding carboxylic acids is 2. The fraction of sp³-hybridized carbons (Fsp3) is 0.385. The van der Waals surface area contributed by atoms with Gasteiger partial charge in [-0.3, -0.25) is 9.59 Å². The maximum atomic E-state index is 12.3. The lowest BCUT2D eigenvalue weighted by atomic mass is 10.2. The number of nitrogens with one attached hydrogen (secondary N) is 1. The number of hydrogen-bond acceptors (Lipinski definition) is 2. The lowest BCUT2D eigenvalue weighted by Crippen LogP contribution is -2.43. The van der Waals surface area contributed by atoms with E-state index in [0.29, 0.717) is 4.90 Å². The topological polar surface area (TPSA) is 49.4 Å². The predicted octanol–water partition coefficient (Wildman–Crippen LogP) is 2.23. The van der Waals surface area contributed by atoms with Crippen molar-refractivity contribution in [3.05, 3.63) is 34.9 Å². The van der Waals surface area contributed by atoms with Crippen LogP contribution in [0.5, 0.6) is 0 Å². The summed E-state index contributed by atoms with van der Waals surface area (Å²) in [5.74, 6) is -1.31. The largest absolute Gasteiger partial charge is 0.406 e. The molecule has 1 aliphatic rings. The summed E-state index contributed by atoms with van der Waals surface area (Å²) in [7, 11) is 0. The van der Waals surface area contributed by atoms with Gasteiger partial charge < -0.3 is 10.2 Å². The maximum absolute atomic E-state index is 12.3. The molecule has 21 heavy (non-hydrogen) atoms. The van der Waals surface area contributed by atoms with E-state index in [4.69, 9.17) is 11.6 Å². The quantitative estimate of drug-likeness (QED) is 0.928. The van der Waals surface area contributed by atoms with Crippen molar-refractivity contribution in [3.8, 4) is 0 Å². The third-order valence-electron chi connectivity index (χ3n) is 3.09. The Morgan fingerprint density at radius 2 is 2.05 bits per heavy atom. The third kappa shape index (κ3) is 3.87. The van der Waals surface area contributed by atoms with Gasteiger partial charge in [-0.25, -0.2) is 0 Å². The molecule has 1 saturated heterocycles. The molecule has 0 bridgehead atoms. The Morgan fingerprint density at radius 1 is 1.38 bits per heavy atom. The van der Waals surface area contributed by atoms with Gasteiger partial charge in [-0.2, -0.15) is 13.2 Å². The number of nitrogens with zero attached hydrogens (tertiary/aromatic N) is 1. The van der Waals surface area contributed by atoms with Gasteiger partial charge in [-0.15, -0.1) is 0 Å². The Hall–Kier alpha value is -1.76. The van der Waals surface area contributed by atoms with Gasteiger partial charge in [0.2, 0.25) is 5.91 Å². The van der Waals surface area contributed by atoms with E-state index in [1.165, 1.54) is 12.1 Å². The van der Waals surface area contributed by atoms with E-state index in [9.17, 15) is 22.8 Å². The van der Waals surface area contributed by atoms with Crippen LogP contribution >= 0.6 is 11.6 Å². The molecule has 0 radical (unpaired) electrons. The summed E-state index contributed by atoms with van der Waals surface area (Å²) in [4.78, 5) is 24.5. The van der Waals surface area contributed by atoms with Crippen LogP contribution in [0.25, 0.3) is 0 Å². The van der Waals surface area contributed by atoms with E-state index in [1.54, 1.807) is 12.1 Å². The summed E-state index contributed by atoms with van der Waals surface area (Å²) in [5, 5.41) is 2.63. The zero-order valence-electron chi connectivity index (χ0n) is 10.8. The van der Waals surface area contributed by atoms with Crippen molar-refractivity contribution >= 4 is 23.4 Å². The Morgan fingerprint density at radius 3 is 2.67 bits per heavy atom. The highest BCUT2D eigenvalue weighted by atomic mass is 35.5. The second-order valence-electron chi connectivity index (χ2n) is 4.67. The lowest BCUT2D eigenvalue weighted by molar-refractivity contribution is -0.157. The number of amides is 2. The van der Waals surface area contributed by atoms with Crippen molar-refractivity contribution < 1.29 is 22.8 Å². The van der Waals surface area contributed by atoms with Gasteiger partial charge in [-0.05, 0) is 18.6 Å². The van der Waals surface area contributed by atoms with E-state index in [2.05, 4.69) is 5.32 Å². The Balaban J connectivity index is 2.00. The van der Waals surface area contributed by atoms with Crippen molar-refractivity contribution in [1.29, 1.82) is 0 Å². The molecule has 1 unspecified atom stereocenters. The first-order valence-corrected chi connectivity index (χ1v) is 6.56. The SMILES string of the molecule is O=C(NC1CCN(CC(F)(F)F)C1=O)c1ccccc1Cl. The number of alkyl halides is 3. The van der Waals surface area contributed by atoms with Gasteiger partial charge in [0.25, 0.3) is 5.91 Å². The normalized spacial score (nSPS) is 19.0. The smallest absolute Gasteiger partial charge is 0.340 e. The Bertz CT molecular complexity index is 563. The van der Waals surface area contributed by atoms with Crippen LogP contribution in [0.15, 0.2) is 24.3 Å². The first-order valence-electron chi connectivity index (χ1n) is 6.19. The van der Waals surface area contributed by atoms with E-state index in [-0.39, 0.29) is 23.6 Å². The molecule has 1 fully saturated rings.